The van der Waals surface area contributed by atoms with Gasteiger partial charge in [0, 0.05) is 0 Å². The van der Waals surface area contributed by atoms with E-state index in [0.717, 1.165) is 18.3 Å². The molecule has 3 aliphatic rings. The van der Waals surface area contributed by atoms with Crippen molar-refractivity contribution >= 4 is 0 Å². The summed E-state index contributed by atoms with van der Waals surface area (Å²) in [6.45, 7) is 9.96. The first-order valence-corrected chi connectivity index (χ1v) is 9.82. The Morgan fingerprint density at radius 3 is 2.67 bits per heavy atom. The van der Waals surface area contributed by atoms with Crippen LogP contribution in [-0.2, 0) is 6.42 Å². The third-order valence-electron chi connectivity index (χ3n) is 8.09. The second-order valence-corrected chi connectivity index (χ2v) is 9.21. The third kappa shape index (κ3) is 2.17. The van der Waals surface area contributed by atoms with E-state index in [1.807, 2.05) is 13.0 Å². The molecule has 3 aliphatic carbocycles. The van der Waals surface area contributed by atoms with Crippen molar-refractivity contribution in [3.8, 4) is 5.75 Å². The lowest BCUT2D eigenvalue weighted by atomic mass is 9.51. The molecule has 4 rings (SSSR count). The molecular formula is C22H31FO. The Bertz CT molecular complexity index is 650. The molecule has 0 aromatic heterocycles. The average molecular weight is 330 g/mol. The fourth-order valence-corrected chi connectivity index (χ4v) is 6.33. The standard InChI is InChI=1S/C22H31FO/c1-5-24-20-13-17-14(12-19(20)23)6-7-16-15(17)8-11-22(4)18(16)9-10-21(22,2)3/h12-13,15-16,18H,5-11H2,1-4H3. The molecule has 0 spiro atoms. The topological polar surface area (TPSA) is 9.23 Å². The van der Waals surface area contributed by atoms with Crippen molar-refractivity contribution in [2.75, 3.05) is 6.61 Å². The number of ether oxygens (including phenoxy) is 1. The van der Waals surface area contributed by atoms with Gasteiger partial charge in [0.05, 0.1) is 6.61 Å². The fraction of sp³-hybridized carbons (Fsp3) is 0.727. The molecule has 0 amide bonds. The highest BCUT2D eigenvalue weighted by Crippen LogP contribution is 2.67. The Labute approximate surface area is 146 Å². The first kappa shape index (κ1) is 16.4. The highest BCUT2D eigenvalue weighted by Gasteiger charge is 2.57. The van der Waals surface area contributed by atoms with Crippen LogP contribution in [0.3, 0.4) is 0 Å². The Morgan fingerprint density at radius 1 is 1.12 bits per heavy atom. The van der Waals surface area contributed by atoms with Gasteiger partial charge >= 0.3 is 0 Å². The molecule has 0 heterocycles. The molecule has 1 aromatic carbocycles. The zero-order valence-corrected chi connectivity index (χ0v) is 15.6. The molecule has 24 heavy (non-hydrogen) atoms. The van der Waals surface area contributed by atoms with Gasteiger partial charge in [0.15, 0.2) is 11.6 Å². The molecule has 2 saturated carbocycles. The maximum Gasteiger partial charge on any atom is 0.165 e. The summed E-state index contributed by atoms with van der Waals surface area (Å²) in [4.78, 5) is 0. The van der Waals surface area contributed by atoms with Gasteiger partial charge in [-0.2, -0.15) is 0 Å². The van der Waals surface area contributed by atoms with Gasteiger partial charge in [-0.25, -0.2) is 4.39 Å². The molecule has 132 valence electrons. The first-order valence-electron chi connectivity index (χ1n) is 9.82. The van der Waals surface area contributed by atoms with E-state index in [-0.39, 0.29) is 5.82 Å². The van der Waals surface area contributed by atoms with Crippen LogP contribution in [0.25, 0.3) is 0 Å². The van der Waals surface area contributed by atoms with E-state index in [0.29, 0.717) is 29.1 Å². The van der Waals surface area contributed by atoms with Crippen LogP contribution in [0.5, 0.6) is 5.75 Å². The van der Waals surface area contributed by atoms with Crippen LogP contribution in [0.1, 0.15) is 76.8 Å². The summed E-state index contributed by atoms with van der Waals surface area (Å²) in [7, 11) is 0. The smallest absolute Gasteiger partial charge is 0.165 e. The molecule has 0 bridgehead atoms. The molecule has 1 aromatic rings. The predicted octanol–water partition coefficient (Wildman–Crippen LogP) is 6.11. The number of halogens is 1. The van der Waals surface area contributed by atoms with E-state index in [2.05, 4.69) is 20.8 Å². The number of rotatable bonds is 2. The number of hydrogen-bond acceptors (Lipinski definition) is 1. The van der Waals surface area contributed by atoms with Crippen molar-refractivity contribution < 1.29 is 9.13 Å². The summed E-state index contributed by atoms with van der Waals surface area (Å²) in [5, 5.41) is 0. The number of benzene rings is 1. The van der Waals surface area contributed by atoms with Gasteiger partial charge in [-0.1, -0.05) is 20.8 Å². The highest BCUT2D eigenvalue weighted by atomic mass is 19.1. The minimum Gasteiger partial charge on any atom is -0.491 e. The molecule has 2 heteroatoms. The van der Waals surface area contributed by atoms with Crippen molar-refractivity contribution in [3.63, 3.8) is 0 Å². The lowest BCUT2D eigenvalue weighted by Crippen LogP contribution is -2.45. The van der Waals surface area contributed by atoms with E-state index in [4.69, 9.17) is 4.74 Å². The second-order valence-electron chi connectivity index (χ2n) is 9.21. The van der Waals surface area contributed by atoms with E-state index < -0.39 is 0 Å². The van der Waals surface area contributed by atoms with Crippen molar-refractivity contribution in [1.82, 2.24) is 0 Å². The Balaban J connectivity index is 1.71. The average Bonchev–Trinajstić information content (AvgIpc) is 2.78. The molecule has 0 aliphatic heterocycles. The fourth-order valence-electron chi connectivity index (χ4n) is 6.33. The molecule has 4 atom stereocenters. The second kappa shape index (κ2) is 5.47. The largest absolute Gasteiger partial charge is 0.491 e. The lowest BCUT2D eigenvalue weighted by Gasteiger charge is -2.53. The van der Waals surface area contributed by atoms with E-state index in [1.54, 1.807) is 6.07 Å². The van der Waals surface area contributed by atoms with E-state index in [9.17, 15) is 4.39 Å². The number of hydrogen-bond donors (Lipinski definition) is 0. The van der Waals surface area contributed by atoms with Crippen molar-refractivity contribution in [1.29, 1.82) is 0 Å². The summed E-state index contributed by atoms with van der Waals surface area (Å²) < 4.78 is 19.8. The third-order valence-corrected chi connectivity index (χ3v) is 8.09. The summed E-state index contributed by atoms with van der Waals surface area (Å²) in [5.74, 6) is 2.49. The molecule has 1 nitrogen and oxygen atoms in total. The van der Waals surface area contributed by atoms with Gasteiger partial charge in [-0.15, -0.1) is 0 Å². The van der Waals surface area contributed by atoms with Crippen LogP contribution in [0, 0.1) is 28.5 Å². The van der Waals surface area contributed by atoms with Gasteiger partial charge < -0.3 is 4.74 Å². The predicted molar refractivity (Wildman–Crippen MR) is 96.0 cm³/mol. The van der Waals surface area contributed by atoms with Gasteiger partial charge in [-0.3, -0.25) is 0 Å². The maximum atomic E-state index is 14.2. The monoisotopic (exact) mass is 330 g/mol. The SMILES string of the molecule is CCOc1cc2c(cc1F)CCC1C2CCC2(C)C1CCC2(C)C. The maximum absolute atomic E-state index is 14.2. The Hall–Kier alpha value is -1.05. The number of aryl methyl sites for hydroxylation is 1. The van der Waals surface area contributed by atoms with Crippen LogP contribution in [-0.4, -0.2) is 6.61 Å². The first-order chi connectivity index (χ1) is 11.4. The minimum absolute atomic E-state index is 0.184. The number of fused-ring (bicyclic) bond motifs is 5. The zero-order valence-electron chi connectivity index (χ0n) is 15.6. The van der Waals surface area contributed by atoms with Crippen LogP contribution in [0.15, 0.2) is 12.1 Å². The molecule has 4 unspecified atom stereocenters. The van der Waals surface area contributed by atoms with Crippen molar-refractivity contribution in [2.45, 2.75) is 72.1 Å². The van der Waals surface area contributed by atoms with Crippen molar-refractivity contribution in [2.24, 2.45) is 22.7 Å². The van der Waals surface area contributed by atoms with Crippen molar-refractivity contribution in [3.05, 3.63) is 29.1 Å². The van der Waals surface area contributed by atoms with Crippen LogP contribution in [0.2, 0.25) is 0 Å². The van der Waals surface area contributed by atoms with Crippen LogP contribution < -0.4 is 4.74 Å². The van der Waals surface area contributed by atoms with Crippen LogP contribution >= 0.6 is 0 Å². The Kier molecular flexibility index (Phi) is 3.75. The molecule has 0 N–H and O–H groups in total. The summed E-state index contributed by atoms with van der Waals surface area (Å²) in [6, 6.07) is 3.79. The lowest BCUT2D eigenvalue weighted by molar-refractivity contribution is -0.00861. The van der Waals surface area contributed by atoms with Crippen LogP contribution in [0.4, 0.5) is 4.39 Å². The Morgan fingerprint density at radius 2 is 1.92 bits per heavy atom. The van der Waals surface area contributed by atoms with E-state index >= 15 is 0 Å². The van der Waals surface area contributed by atoms with E-state index in [1.165, 1.54) is 43.2 Å². The molecule has 2 fully saturated rings. The highest BCUT2D eigenvalue weighted by molar-refractivity contribution is 5.42. The van der Waals surface area contributed by atoms with Gasteiger partial charge in [0.2, 0.25) is 0 Å². The van der Waals surface area contributed by atoms with Gasteiger partial charge in [0.1, 0.15) is 0 Å². The summed E-state index contributed by atoms with van der Waals surface area (Å²) >= 11 is 0. The molecular weight excluding hydrogens is 299 g/mol. The normalized spacial score (nSPS) is 36.6. The van der Waals surface area contributed by atoms with Gasteiger partial charge in [-0.05, 0) is 97.3 Å². The summed E-state index contributed by atoms with van der Waals surface area (Å²) in [6.07, 6.45) is 7.57. The quantitative estimate of drug-likeness (QED) is 0.636. The summed E-state index contributed by atoms with van der Waals surface area (Å²) in [5.41, 5.74) is 3.57. The zero-order chi connectivity index (χ0) is 17.1. The minimum atomic E-state index is -0.184. The molecule has 0 radical (unpaired) electrons. The van der Waals surface area contributed by atoms with Gasteiger partial charge in [0.25, 0.3) is 0 Å². The molecule has 0 saturated heterocycles.